The number of ether oxygens (including phenoxy) is 3. The number of hydrogen-bond donors (Lipinski definition) is 0. The summed E-state index contributed by atoms with van der Waals surface area (Å²) in [5, 5.41) is 0. The monoisotopic (exact) mass is 833 g/mol. The van der Waals surface area contributed by atoms with Gasteiger partial charge in [-0.25, -0.2) is 0 Å². The van der Waals surface area contributed by atoms with Gasteiger partial charge in [0.05, 0.1) is 6.61 Å². The van der Waals surface area contributed by atoms with Crippen LogP contribution in [-0.2, 0) is 23.8 Å². The molecular weight excluding hydrogens is 741 g/mol. The van der Waals surface area contributed by atoms with Crippen LogP contribution in [0.15, 0.2) is 97.2 Å². The number of allylic oxidation sites excluding steroid dienone is 16. The molecule has 0 aliphatic carbocycles. The van der Waals surface area contributed by atoms with Crippen LogP contribution in [0.25, 0.3) is 0 Å². The summed E-state index contributed by atoms with van der Waals surface area (Å²) < 4.78 is 17.3. The van der Waals surface area contributed by atoms with Gasteiger partial charge in [0, 0.05) is 19.4 Å². The SMILES string of the molecule is CC/C=C\C/C=C\C/C=C\C/C=C\CCCCCCC(=O)OCC(COCCCCCCCC/C=C\CCCC)OC(=O)CCCCCCC/C=C\C/C=C\C/C=C\CC. The fourth-order valence-electron chi connectivity index (χ4n) is 6.44. The van der Waals surface area contributed by atoms with Gasteiger partial charge in [0.25, 0.3) is 0 Å². The Morgan fingerprint density at radius 2 is 0.750 bits per heavy atom. The maximum atomic E-state index is 12.8. The lowest BCUT2D eigenvalue weighted by Gasteiger charge is -2.18. The third-order valence-electron chi connectivity index (χ3n) is 10.1. The van der Waals surface area contributed by atoms with E-state index in [9.17, 15) is 9.59 Å². The highest BCUT2D eigenvalue weighted by molar-refractivity contribution is 5.70. The van der Waals surface area contributed by atoms with E-state index in [0.717, 1.165) is 116 Å². The molecule has 0 rings (SSSR count). The Bertz CT molecular complexity index is 1170. The molecule has 0 radical (unpaired) electrons. The molecule has 0 aromatic carbocycles. The van der Waals surface area contributed by atoms with Crippen molar-refractivity contribution in [1.29, 1.82) is 0 Å². The Morgan fingerprint density at radius 1 is 0.383 bits per heavy atom. The molecule has 0 N–H and O–H groups in total. The Kier molecular flexibility index (Phi) is 47.5. The second-order valence-corrected chi connectivity index (χ2v) is 15.9. The summed E-state index contributed by atoms with van der Waals surface area (Å²) in [5.74, 6) is -0.452. The van der Waals surface area contributed by atoms with E-state index in [1.165, 1.54) is 64.2 Å². The summed E-state index contributed by atoms with van der Waals surface area (Å²) >= 11 is 0. The first kappa shape index (κ1) is 56.8. The van der Waals surface area contributed by atoms with Gasteiger partial charge in [-0.3, -0.25) is 9.59 Å². The molecule has 5 heteroatoms. The Balaban J connectivity index is 4.35. The quantitative estimate of drug-likeness (QED) is 0.0348. The molecule has 0 aromatic rings. The van der Waals surface area contributed by atoms with E-state index >= 15 is 0 Å². The smallest absolute Gasteiger partial charge is 0.306 e. The molecule has 0 heterocycles. The largest absolute Gasteiger partial charge is 0.462 e. The fraction of sp³-hybridized carbons (Fsp3) is 0.673. The lowest BCUT2D eigenvalue weighted by Crippen LogP contribution is -2.30. The van der Waals surface area contributed by atoms with Crippen molar-refractivity contribution in [2.24, 2.45) is 0 Å². The maximum absolute atomic E-state index is 12.8. The third-order valence-corrected chi connectivity index (χ3v) is 10.1. The first-order valence-corrected chi connectivity index (χ1v) is 24.8. The van der Waals surface area contributed by atoms with E-state index in [-0.39, 0.29) is 25.2 Å². The molecule has 0 spiro atoms. The molecule has 0 aliphatic heterocycles. The molecule has 0 amide bonds. The van der Waals surface area contributed by atoms with Crippen LogP contribution in [0.1, 0.15) is 213 Å². The first-order valence-electron chi connectivity index (χ1n) is 24.8. The highest BCUT2D eigenvalue weighted by atomic mass is 16.6. The summed E-state index contributed by atoms with van der Waals surface area (Å²) in [6.45, 7) is 7.50. The van der Waals surface area contributed by atoms with Crippen LogP contribution >= 0.6 is 0 Å². The average molecular weight is 833 g/mol. The molecule has 0 saturated carbocycles. The van der Waals surface area contributed by atoms with E-state index in [0.29, 0.717) is 19.4 Å². The van der Waals surface area contributed by atoms with Gasteiger partial charge in [-0.05, 0) is 109 Å². The summed E-state index contributed by atoms with van der Waals surface area (Å²) in [6.07, 6.45) is 66.9. The molecule has 0 saturated heterocycles. The first-order chi connectivity index (χ1) is 29.6. The third kappa shape index (κ3) is 47.5. The van der Waals surface area contributed by atoms with Crippen LogP contribution in [0.4, 0.5) is 0 Å². The number of carbonyl (C=O) groups is 2. The van der Waals surface area contributed by atoms with Crippen molar-refractivity contribution < 1.29 is 23.8 Å². The zero-order valence-electron chi connectivity index (χ0n) is 39.2. The molecule has 5 nitrogen and oxygen atoms in total. The van der Waals surface area contributed by atoms with Crippen molar-refractivity contribution in [2.45, 2.75) is 219 Å². The van der Waals surface area contributed by atoms with Crippen LogP contribution in [0.5, 0.6) is 0 Å². The number of carbonyl (C=O) groups excluding carboxylic acids is 2. The zero-order chi connectivity index (χ0) is 43.5. The standard InChI is InChI=1S/C55H92O5/c1-4-7-10-13-16-19-22-25-27-28-30-31-33-36-39-42-45-48-54(56)59-52-53(51-58-50-47-44-41-38-35-24-21-18-15-12-9-6-3)60-55(57)49-46-43-40-37-34-32-29-26-23-20-17-14-11-8-5-2/h7-8,10-11,15-20,25-27,29-31,53H,4-6,9,12-14,21-24,28,32-52H2,1-3H3/b10-7-,11-8-,18-15-,19-16-,20-17-,27-25-,29-26-,31-30-. The van der Waals surface area contributed by atoms with E-state index in [2.05, 4.69) is 118 Å². The van der Waals surface area contributed by atoms with E-state index in [1.807, 2.05) is 0 Å². The minimum atomic E-state index is -0.563. The molecule has 342 valence electrons. The molecule has 0 aromatic heterocycles. The topological polar surface area (TPSA) is 61.8 Å². The van der Waals surface area contributed by atoms with Crippen molar-refractivity contribution >= 4 is 11.9 Å². The summed E-state index contributed by atoms with van der Waals surface area (Å²) in [6, 6.07) is 0. The predicted octanol–water partition coefficient (Wildman–Crippen LogP) is 16.7. The lowest BCUT2D eigenvalue weighted by molar-refractivity contribution is -0.163. The maximum Gasteiger partial charge on any atom is 0.306 e. The number of unbranched alkanes of at least 4 members (excludes halogenated alkanes) is 17. The Hall–Kier alpha value is -3.18. The van der Waals surface area contributed by atoms with Crippen LogP contribution in [0.3, 0.4) is 0 Å². The van der Waals surface area contributed by atoms with Gasteiger partial charge in [-0.1, -0.05) is 189 Å². The Morgan fingerprint density at radius 3 is 1.22 bits per heavy atom. The fourth-order valence-corrected chi connectivity index (χ4v) is 6.44. The Labute approximate surface area is 371 Å². The van der Waals surface area contributed by atoms with Gasteiger partial charge < -0.3 is 14.2 Å². The van der Waals surface area contributed by atoms with Crippen molar-refractivity contribution in [3.8, 4) is 0 Å². The van der Waals surface area contributed by atoms with Gasteiger partial charge in [-0.15, -0.1) is 0 Å². The minimum absolute atomic E-state index is 0.0580. The van der Waals surface area contributed by atoms with Crippen molar-refractivity contribution in [1.82, 2.24) is 0 Å². The average Bonchev–Trinajstić information content (AvgIpc) is 3.25. The molecule has 1 unspecified atom stereocenters. The molecule has 0 fully saturated rings. The molecular formula is C55H92O5. The van der Waals surface area contributed by atoms with E-state index in [4.69, 9.17) is 14.2 Å². The highest BCUT2D eigenvalue weighted by Crippen LogP contribution is 2.12. The van der Waals surface area contributed by atoms with E-state index < -0.39 is 6.10 Å². The van der Waals surface area contributed by atoms with Crippen molar-refractivity contribution in [2.75, 3.05) is 19.8 Å². The molecule has 60 heavy (non-hydrogen) atoms. The second-order valence-electron chi connectivity index (χ2n) is 15.9. The van der Waals surface area contributed by atoms with Gasteiger partial charge in [-0.2, -0.15) is 0 Å². The van der Waals surface area contributed by atoms with Crippen LogP contribution in [0, 0.1) is 0 Å². The summed E-state index contributed by atoms with van der Waals surface area (Å²) in [7, 11) is 0. The van der Waals surface area contributed by atoms with Gasteiger partial charge in [0.15, 0.2) is 6.10 Å². The number of esters is 2. The molecule has 0 aliphatic rings. The number of rotatable bonds is 44. The number of hydrogen-bond acceptors (Lipinski definition) is 5. The van der Waals surface area contributed by atoms with Crippen LogP contribution in [0.2, 0.25) is 0 Å². The van der Waals surface area contributed by atoms with Crippen LogP contribution in [-0.4, -0.2) is 37.9 Å². The van der Waals surface area contributed by atoms with Gasteiger partial charge >= 0.3 is 11.9 Å². The summed E-state index contributed by atoms with van der Waals surface area (Å²) in [4.78, 5) is 25.4. The van der Waals surface area contributed by atoms with E-state index in [1.54, 1.807) is 0 Å². The molecule has 0 bridgehead atoms. The second kappa shape index (κ2) is 50.2. The van der Waals surface area contributed by atoms with Gasteiger partial charge in [0.1, 0.15) is 6.61 Å². The lowest BCUT2D eigenvalue weighted by atomic mass is 10.1. The zero-order valence-corrected chi connectivity index (χ0v) is 39.2. The predicted molar refractivity (Wildman–Crippen MR) is 260 cm³/mol. The van der Waals surface area contributed by atoms with Crippen molar-refractivity contribution in [3.05, 3.63) is 97.2 Å². The van der Waals surface area contributed by atoms with Gasteiger partial charge in [0.2, 0.25) is 0 Å². The summed E-state index contributed by atoms with van der Waals surface area (Å²) in [5.41, 5.74) is 0. The molecule has 1 atom stereocenters. The normalized spacial score (nSPS) is 13.1. The van der Waals surface area contributed by atoms with Crippen LogP contribution < -0.4 is 0 Å². The minimum Gasteiger partial charge on any atom is -0.462 e. The highest BCUT2D eigenvalue weighted by Gasteiger charge is 2.17. The van der Waals surface area contributed by atoms with Crippen molar-refractivity contribution in [3.63, 3.8) is 0 Å².